The third kappa shape index (κ3) is 2.87. The van der Waals surface area contributed by atoms with Crippen LogP contribution in [0.1, 0.15) is 35.3 Å². The predicted octanol–water partition coefficient (Wildman–Crippen LogP) is 1.87. The molecule has 4 rings (SSSR count). The maximum absolute atomic E-state index is 13.0. The van der Waals surface area contributed by atoms with Gasteiger partial charge in [0.1, 0.15) is 11.5 Å². The van der Waals surface area contributed by atoms with E-state index in [0.29, 0.717) is 18.7 Å². The summed E-state index contributed by atoms with van der Waals surface area (Å²) in [7, 11) is 1.75. The Morgan fingerprint density at radius 1 is 1.23 bits per heavy atom. The summed E-state index contributed by atoms with van der Waals surface area (Å²) in [6.45, 7) is 0.364. The van der Waals surface area contributed by atoms with Crippen molar-refractivity contribution in [2.45, 2.75) is 37.9 Å². The number of aromatic nitrogens is 2. The Morgan fingerprint density at radius 2 is 2.00 bits per heavy atom. The van der Waals surface area contributed by atoms with Crippen molar-refractivity contribution in [3.63, 3.8) is 0 Å². The maximum Gasteiger partial charge on any atom is 0.272 e. The fourth-order valence-corrected chi connectivity index (χ4v) is 4.23. The lowest BCUT2D eigenvalue weighted by atomic mass is 9.88. The van der Waals surface area contributed by atoms with Gasteiger partial charge in [0.15, 0.2) is 0 Å². The van der Waals surface area contributed by atoms with Crippen LogP contribution in [0.5, 0.6) is 0 Å². The number of amides is 2. The molecule has 3 unspecified atom stereocenters. The molecule has 2 amide bonds. The molecule has 2 fully saturated rings. The summed E-state index contributed by atoms with van der Waals surface area (Å²) in [6, 6.07) is 7.85. The Labute approximate surface area is 151 Å². The summed E-state index contributed by atoms with van der Waals surface area (Å²) in [5, 5.41) is 7.00. The second-order valence-electron chi connectivity index (χ2n) is 7.04. The highest BCUT2D eigenvalue weighted by Gasteiger charge is 2.51. The number of rotatable bonds is 4. The van der Waals surface area contributed by atoms with E-state index in [2.05, 4.69) is 10.4 Å². The number of nitrogens with zero attached hydrogens (tertiary/aromatic N) is 3. The molecule has 1 aromatic carbocycles. The number of fused-ring (bicyclic) bond motifs is 2. The second-order valence-corrected chi connectivity index (χ2v) is 7.04. The minimum atomic E-state index is -0.294. The van der Waals surface area contributed by atoms with Crippen LogP contribution in [0.2, 0.25) is 0 Å². The quantitative estimate of drug-likeness (QED) is 0.909. The third-order valence-corrected chi connectivity index (χ3v) is 5.53. The molecule has 0 spiro atoms. The van der Waals surface area contributed by atoms with E-state index in [9.17, 15) is 14.0 Å². The Morgan fingerprint density at radius 3 is 2.69 bits per heavy atom. The molecule has 136 valence electrons. The Bertz CT molecular complexity index is 832. The summed E-state index contributed by atoms with van der Waals surface area (Å²) in [5.41, 5.74) is 1.40. The van der Waals surface area contributed by atoms with Gasteiger partial charge in [-0.15, -0.1) is 0 Å². The molecule has 2 aliphatic rings. The van der Waals surface area contributed by atoms with Gasteiger partial charge in [-0.3, -0.25) is 14.3 Å². The van der Waals surface area contributed by atoms with Crippen LogP contribution in [0, 0.1) is 11.7 Å². The molecule has 1 N–H and O–H groups in total. The van der Waals surface area contributed by atoms with Gasteiger partial charge >= 0.3 is 0 Å². The predicted molar refractivity (Wildman–Crippen MR) is 92.5 cm³/mol. The molecule has 2 aliphatic heterocycles. The van der Waals surface area contributed by atoms with Gasteiger partial charge in [0, 0.05) is 31.9 Å². The van der Waals surface area contributed by atoms with Crippen molar-refractivity contribution in [1.82, 2.24) is 20.0 Å². The van der Waals surface area contributed by atoms with E-state index in [1.165, 1.54) is 12.1 Å². The normalized spacial score (nSPS) is 24.1. The lowest BCUT2D eigenvalue weighted by molar-refractivity contribution is -0.125. The zero-order valence-corrected chi connectivity index (χ0v) is 14.6. The van der Waals surface area contributed by atoms with Gasteiger partial charge in [0.05, 0.1) is 5.92 Å². The Kier molecular flexibility index (Phi) is 4.22. The molecule has 3 heterocycles. The minimum absolute atomic E-state index is 0.0377. The van der Waals surface area contributed by atoms with Crippen molar-refractivity contribution >= 4 is 11.8 Å². The summed E-state index contributed by atoms with van der Waals surface area (Å²) < 4.78 is 14.5. The summed E-state index contributed by atoms with van der Waals surface area (Å²) >= 11 is 0. The van der Waals surface area contributed by atoms with Crippen LogP contribution in [0.4, 0.5) is 4.39 Å². The summed E-state index contributed by atoms with van der Waals surface area (Å²) in [4.78, 5) is 27.4. The van der Waals surface area contributed by atoms with Crippen LogP contribution in [0.15, 0.2) is 36.5 Å². The molecule has 1 aromatic heterocycles. The number of benzene rings is 1. The molecule has 2 bridgehead atoms. The van der Waals surface area contributed by atoms with Crippen molar-refractivity contribution in [3.8, 4) is 0 Å². The van der Waals surface area contributed by atoms with Crippen LogP contribution in [0.3, 0.4) is 0 Å². The first kappa shape index (κ1) is 16.8. The molecule has 2 saturated heterocycles. The number of carbonyl (C=O) groups is 2. The third-order valence-electron chi connectivity index (χ3n) is 5.53. The average Bonchev–Trinajstić information content (AvgIpc) is 3.34. The van der Waals surface area contributed by atoms with Crippen LogP contribution in [0.25, 0.3) is 0 Å². The second kappa shape index (κ2) is 6.55. The maximum atomic E-state index is 13.0. The summed E-state index contributed by atoms with van der Waals surface area (Å²) in [5.74, 6) is -0.570. The number of carbonyl (C=O) groups excluding carboxylic acids is 2. The van der Waals surface area contributed by atoms with Crippen molar-refractivity contribution in [2.75, 3.05) is 0 Å². The number of halogens is 1. The highest BCUT2D eigenvalue weighted by atomic mass is 19.1. The first-order chi connectivity index (χ1) is 12.5. The van der Waals surface area contributed by atoms with E-state index < -0.39 is 0 Å². The smallest absolute Gasteiger partial charge is 0.272 e. The zero-order valence-electron chi connectivity index (χ0n) is 14.6. The molecule has 0 saturated carbocycles. The lowest BCUT2D eigenvalue weighted by Crippen LogP contribution is -2.41. The number of nitrogens with one attached hydrogen (secondary N) is 1. The van der Waals surface area contributed by atoms with Crippen LogP contribution < -0.4 is 5.32 Å². The monoisotopic (exact) mass is 356 g/mol. The van der Waals surface area contributed by atoms with Crippen LogP contribution >= 0.6 is 0 Å². The number of aryl methyl sites for hydroxylation is 1. The van der Waals surface area contributed by atoms with E-state index in [0.717, 1.165) is 18.4 Å². The highest BCUT2D eigenvalue weighted by molar-refractivity contribution is 5.94. The van der Waals surface area contributed by atoms with Gasteiger partial charge in [-0.1, -0.05) is 12.1 Å². The summed E-state index contributed by atoms with van der Waals surface area (Å²) in [6.07, 6.45) is 4.10. The molecule has 6 nitrogen and oxygen atoms in total. The SMILES string of the molecule is Cn1nccc1C(=O)N1C2CCC1C(C(=O)NCc1ccc(F)cc1)C2. The molecule has 2 aromatic rings. The molecule has 3 atom stereocenters. The van der Waals surface area contributed by atoms with E-state index in [1.807, 2.05) is 4.90 Å². The van der Waals surface area contributed by atoms with E-state index >= 15 is 0 Å². The minimum Gasteiger partial charge on any atom is -0.352 e. The van der Waals surface area contributed by atoms with E-state index in [1.54, 1.807) is 36.1 Å². The van der Waals surface area contributed by atoms with Gasteiger partial charge in [-0.2, -0.15) is 5.10 Å². The molecule has 26 heavy (non-hydrogen) atoms. The van der Waals surface area contributed by atoms with Gasteiger partial charge in [0.25, 0.3) is 5.91 Å². The zero-order chi connectivity index (χ0) is 18.3. The largest absolute Gasteiger partial charge is 0.352 e. The molecular weight excluding hydrogens is 335 g/mol. The Balaban J connectivity index is 1.42. The molecular formula is C19H21FN4O2. The van der Waals surface area contributed by atoms with Gasteiger partial charge in [0.2, 0.25) is 5.91 Å². The highest BCUT2D eigenvalue weighted by Crippen LogP contribution is 2.42. The van der Waals surface area contributed by atoms with Crippen molar-refractivity contribution in [2.24, 2.45) is 13.0 Å². The fourth-order valence-electron chi connectivity index (χ4n) is 4.23. The van der Waals surface area contributed by atoms with Crippen molar-refractivity contribution in [1.29, 1.82) is 0 Å². The average molecular weight is 356 g/mol. The molecule has 0 radical (unpaired) electrons. The van der Waals surface area contributed by atoms with Crippen molar-refractivity contribution < 1.29 is 14.0 Å². The van der Waals surface area contributed by atoms with E-state index in [4.69, 9.17) is 0 Å². The molecule has 0 aliphatic carbocycles. The lowest BCUT2D eigenvalue weighted by Gasteiger charge is -2.24. The molecule has 7 heteroatoms. The standard InChI is InChI=1S/C19H21FN4O2/c1-23-17(8-9-22-23)19(26)24-14-6-7-16(24)15(10-14)18(25)21-11-12-2-4-13(20)5-3-12/h2-5,8-9,14-16H,6-7,10-11H2,1H3,(H,21,25). The number of hydrogen-bond donors (Lipinski definition) is 1. The van der Waals surface area contributed by atoms with E-state index in [-0.39, 0.29) is 35.6 Å². The first-order valence-corrected chi connectivity index (χ1v) is 8.87. The van der Waals surface area contributed by atoms with Gasteiger partial charge < -0.3 is 10.2 Å². The first-order valence-electron chi connectivity index (χ1n) is 8.87. The van der Waals surface area contributed by atoms with Gasteiger partial charge in [-0.25, -0.2) is 4.39 Å². The Hall–Kier alpha value is -2.70. The number of hydrogen-bond acceptors (Lipinski definition) is 3. The van der Waals surface area contributed by atoms with Crippen LogP contribution in [-0.2, 0) is 18.4 Å². The van der Waals surface area contributed by atoms with Crippen molar-refractivity contribution in [3.05, 3.63) is 53.6 Å². The van der Waals surface area contributed by atoms with Gasteiger partial charge in [-0.05, 0) is 43.0 Å². The topological polar surface area (TPSA) is 67.2 Å². The fraction of sp³-hybridized carbons (Fsp3) is 0.421. The van der Waals surface area contributed by atoms with Crippen LogP contribution in [-0.4, -0.2) is 38.6 Å².